The van der Waals surface area contributed by atoms with Gasteiger partial charge < -0.3 is 0 Å². The molecule has 0 saturated heterocycles. The van der Waals surface area contributed by atoms with Crippen LogP contribution in [0.3, 0.4) is 0 Å². The van der Waals surface area contributed by atoms with E-state index in [4.69, 9.17) is 11.6 Å². The van der Waals surface area contributed by atoms with Gasteiger partial charge in [-0.15, -0.1) is 11.6 Å². The second-order valence-electron chi connectivity index (χ2n) is 1.05. The van der Waals surface area contributed by atoms with Crippen LogP contribution in [0.4, 0.5) is 0 Å². The minimum absolute atomic E-state index is 0.468. The van der Waals surface area contributed by atoms with Crippen molar-refractivity contribution in [1.29, 1.82) is 0 Å². The summed E-state index contributed by atoms with van der Waals surface area (Å²) >= 11 is 5.00. The fourth-order valence-electron chi connectivity index (χ4n) is 0.0719. The van der Waals surface area contributed by atoms with Gasteiger partial charge >= 0.3 is 11.1 Å². The minimum Gasteiger partial charge on any atom is -0.280 e. The van der Waals surface area contributed by atoms with E-state index >= 15 is 0 Å². The lowest BCUT2D eigenvalue weighted by molar-refractivity contribution is 1.51. The van der Waals surface area contributed by atoms with Gasteiger partial charge in [-0.2, -0.15) is 0 Å². The molecule has 0 bridgehead atoms. The number of hydrogen-bond acceptors (Lipinski definition) is 2. The maximum atomic E-state index is 9.43. The molecule has 1 heterocycles. The zero-order valence-corrected chi connectivity index (χ0v) is 5.16. The maximum Gasteiger partial charge on any atom is 0.316 e. The topological polar surface area (TPSA) is 49.9 Å². The van der Waals surface area contributed by atoms with E-state index in [0.29, 0.717) is 0 Å². The fourth-order valence-corrected chi connectivity index (χ4v) is 0.0719. The second-order valence-corrected chi connectivity index (χ2v) is 1.59. The largest absolute Gasteiger partial charge is 0.316 e. The summed E-state index contributed by atoms with van der Waals surface area (Å²) in [7, 11) is 0. The van der Waals surface area contributed by atoms with Crippen molar-refractivity contribution in [2.75, 3.05) is 5.88 Å². The van der Waals surface area contributed by atoms with Gasteiger partial charge in [0.1, 0.15) is 0 Å². The zero-order chi connectivity index (χ0) is 6.57. The Morgan fingerprint density at radius 3 is 1.62 bits per heavy atom. The highest BCUT2D eigenvalue weighted by Gasteiger charge is 1.96. The van der Waals surface area contributed by atoms with E-state index in [1.54, 1.807) is 0 Å². The molecule has 46 valence electrons. The maximum absolute atomic E-state index is 9.43. The Hall–Kier alpha value is -0.570. The van der Waals surface area contributed by atoms with E-state index in [-0.39, 0.29) is 0 Å². The van der Waals surface area contributed by atoms with Crippen molar-refractivity contribution >= 4 is 11.6 Å². The molecule has 0 saturated carbocycles. The van der Waals surface area contributed by atoms with Gasteiger partial charge in [0, 0.05) is 5.88 Å². The summed E-state index contributed by atoms with van der Waals surface area (Å²) in [5.74, 6) is 0.722. The van der Waals surface area contributed by atoms with Gasteiger partial charge in [0.05, 0.1) is 0 Å². The van der Waals surface area contributed by atoms with Crippen molar-refractivity contribution in [2.24, 2.45) is 0 Å². The lowest BCUT2D eigenvalue weighted by Gasteiger charge is -1.45. The first-order valence-electron chi connectivity index (χ1n) is 2.13. The molecular formula is C4H6ClNO2. The zero-order valence-electron chi connectivity index (χ0n) is 4.40. The van der Waals surface area contributed by atoms with Crippen LogP contribution < -0.4 is 11.1 Å². The third kappa shape index (κ3) is 3.61. The van der Waals surface area contributed by atoms with Gasteiger partial charge in [-0.05, 0) is 0 Å². The highest BCUT2D eigenvalue weighted by molar-refractivity contribution is 6.17. The Kier molecular flexibility index (Phi) is 3.19. The molecule has 0 aliphatic heterocycles. The SMILES string of the molecule is CCCl.O=c1[nH]c1=O. The molecule has 1 aromatic heterocycles. The quantitative estimate of drug-likeness (QED) is 0.398. The molecule has 1 rings (SSSR count). The van der Waals surface area contributed by atoms with Crippen LogP contribution >= 0.6 is 11.6 Å². The van der Waals surface area contributed by atoms with Crippen LogP contribution in [0.1, 0.15) is 6.92 Å². The first-order chi connectivity index (χ1) is 3.72. The van der Waals surface area contributed by atoms with Crippen molar-refractivity contribution in [3.05, 3.63) is 20.7 Å². The Morgan fingerprint density at radius 2 is 1.62 bits per heavy atom. The number of halogens is 1. The third-order valence-electron chi connectivity index (χ3n) is 0.371. The van der Waals surface area contributed by atoms with E-state index < -0.39 is 11.1 Å². The molecule has 1 N–H and O–H groups in total. The Bertz CT molecular complexity index is 176. The van der Waals surface area contributed by atoms with Crippen LogP contribution in [0.2, 0.25) is 0 Å². The highest BCUT2D eigenvalue weighted by atomic mass is 35.5. The van der Waals surface area contributed by atoms with Gasteiger partial charge in [0.25, 0.3) is 0 Å². The van der Waals surface area contributed by atoms with E-state index in [9.17, 15) is 9.59 Å². The van der Waals surface area contributed by atoms with Gasteiger partial charge in [-0.1, -0.05) is 6.92 Å². The lowest BCUT2D eigenvalue weighted by Crippen LogP contribution is -1.88. The number of aromatic nitrogens is 1. The average molecular weight is 136 g/mol. The molecule has 8 heavy (non-hydrogen) atoms. The van der Waals surface area contributed by atoms with Crippen LogP contribution in [-0.4, -0.2) is 10.9 Å². The second kappa shape index (κ2) is 3.43. The number of alkyl halides is 1. The Balaban J connectivity index is 0.000000145. The van der Waals surface area contributed by atoms with Crippen molar-refractivity contribution in [3.63, 3.8) is 0 Å². The van der Waals surface area contributed by atoms with Gasteiger partial charge in [-0.25, -0.2) is 0 Å². The highest BCUT2D eigenvalue weighted by Crippen LogP contribution is 1.59. The smallest absolute Gasteiger partial charge is 0.280 e. The fraction of sp³-hybridized carbons (Fsp3) is 0.500. The summed E-state index contributed by atoms with van der Waals surface area (Å²) in [6, 6.07) is 0. The summed E-state index contributed by atoms with van der Waals surface area (Å²) < 4.78 is 0. The van der Waals surface area contributed by atoms with E-state index in [1.165, 1.54) is 0 Å². The molecule has 3 nitrogen and oxygen atoms in total. The predicted molar refractivity (Wildman–Crippen MR) is 32.1 cm³/mol. The third-order valence-corrected chi connectivity index (χ3v) is 0.371. The summed E-state index contributed by atoms with van der Waals surface area (Å²) in [4.78, 5) is 20.8. The van der Waals surface area contributed by atoms with Crippen LogP contribution in [0.25, 0.3) is 0 Å². The Morgan fingerprint density at radius 1 is 1.50 bits per heavy atom. The first kappa shape index (κ1) is 7.43. The van der Waals surface area contributed by atoms with Crippen LogP contribution in [0.5, 0.6) is 0 Å². The molecule has 0 spiro atoms. The molecule has 0 aromatic carbocycles. The predicted octanol–water partition coefficient (Wildman–Crippen LogP) is -0.144. The molecule has 0 radical (unpaired) electrons. The molecule has 0 atom stereocenters. The van der Waals surface area contributed by atoms with Crippen molar-refractivity contribution in [2.45, 2.75) is 6.92 Å². The van der Waals surface area contributed by atoms with Crippen LogP contribution in [-0.2, 0) is 0 Å². The first-order valence-corrected chi connectivity index (χ1v) is 2.67. The number of aromatic amines is 1. The summed E-state index contributed by atoms with van der Waals surface area (Å²) in [6.45, 7) is 1.89. The molecule has 0 fully saturated rings. The number of rotatable bonds is 0. The molecule has 0 aliphatic rings. The van der Waals surface area contributed by atoms with Gasteiger partial charge in [-0.3, -0.25) is 14.6 Å². The van der Waals surface area contributed by atoms with Crippen molar-refractivity contribution < 1.29 is 0 Å². The lowest BCUT2D eigenvalue weighted by atomic mass is 11.0. The molecule has 0 aliphatic carbocycles. The minimum atomic E-state index is -0.468. The molecular weight excluding hydrogens is 130 g/mol. The van der Waals surface area contributed by atoms with E-state index in [0.717, 1.165) is 5.88 Å². The summed E-state index contributed by atoms with van der Waals surface area (Å²) in [5.41, 5.74) is -0.935. The van der Waals surface area contributed by atoms with Crippen molar-refractivity contribution in [3.8, 4) is 0 Å². The normalized spacial score (nSPS) is 8.25. The van der Waals surface area contributed by atoms with Crippen molar-refractivity contribution in [1.82, 2.24) is 4.98 Å². The van der Waals surface area contributed by atoms with Crippen LogP contribution in [0.15, 0.2) is 9.59 Å². The van der Waals surface area contributed by atoms with Gasteiger partial charge in [0.2, 0.25) is 0 Å². The molecule has 0 amide bonds. The van der Waals surface area contributed by atoms with Crippen LogP contribution in [0, 0.1) is 0 Å². The number of H-pyrrole nitrogens is 1. The number of hydrogen-bond donors (Lipinski definition) is 1. The molecule has 4 heteroatoms. The van der Waals surface area contributed by atoms with Gasteiger partial charge in [0.15, 0.2) is 0 Å². The monoisotopic (exact) mass is 135 g/mol. The summed E-state index contributed by atoms with van der Waals surface area (Å²) in [6.07, 6.45) is 0. The average Bonchev–Trinajstić information content (AvgIpc) is 2.22. The Labute approximate surface area is 51.0 Å². The molecule has 1 aromatic rings. The number of nitrogens with one attached hydrogen (secondary N) is 1. The standard InChI is InChI=1S/C2H5Cl.C2HNO2/c1-2-3;4-1-2(5)3-1/h2H2,1H3;(H,3,4,5). The molecule has 0 unspecified atom stereocenters. The van der Waals surface area contributed by atoms with E-state index in [2.05, 4.69) is 0 Å². The van der Waals surface area contributed by atoms with E-state index in [1.807, 2.05) is 11.9 Å². The summed E-state index contributed by atoms with van der Waals surface area (Å²) in [5, 5.41) is 0.